The number of nitrogens with two attached hydrogens (primary N) is 1. The summed E-state index contributed by atoms with van der Waals surface area (Å²) in [6.45, 7) is 4.12. The minimum Gasteiger partial charge on any atom is -0.326 e. The molecule has 0 aliphatic rings. The third kappa shape index (κ3) is 3.64. The van der Waals surface area contributed by atoms with E-state index in [9.17, 15) is 8.42 Å². The van der Waals surface area contributed by atoms with Gasteiger partial charge in [-0.15, -0.1) is 0 Å². The van der Waals surface area contributed by atoms with Gasteiger partial charge in [0.25, 0.3) is 10.0 Å². The van der Waals surface area contributed by atoms with Gasteiger partial charge < -0.3 is 5.73 Å². The molecule has 21 heavy (non-hydrogen) atoms. The van der Waals surface area contributed by atoms with E-state index in [1.54, 1.807) is 24.3 Å². The minimum absolute atomic E-state index is 0.224. The van der Waals surface area contributed by atoms with Gasteiger partial charge in [-0.3, -0.25) is 4.72 Å². The molecular formula is C15H17BrN2O2S. The highest BCUT2D eigenvalue weighted by Crippen LogP contribution is 2.27. The van der Waals surface area contributed by atoms with Crippen molar-refractivity contribution in [3.8, 4) is 0 Å². The van der Waals surface area contributed by atoms with Crippen LogP contribution < -0.4 is 10.5 Å². The van der Waals surface area contributed by atoms with Gasteiger partial charge in [0.2, 0.25) is 0 Å². The smallest absolute Gasteiger partial charge is 0.261 e. The van der Waals surface area contributed by atoms with Crippen LogP contribution >= 0.6 is 15.9 Å². The van der Waals surface area contributed by atoms with E-state index in [1.165, 1.54) is 0 Å². The molecule has 0 saturated heterocycles. The molecule has 6 heteroatoms. The maximum Gasteiger partial charge on any atom is 0.261 e. The number of hydrogen-bond acceptors (Lipinski definition) is 3. The van der Waals surface area contributed by atoms with E-state index < -0.39 is 10.0 Å². The van der Waals surface area contributed by atoms with Crippen molar-refractivity contribution in [3.05, 3.63) is 57.6 Å². The highest BCUT2D eigenvalue weighted by molar-refractivity contribution is 9.10. The lowest BCUT2D eigenvalue weighted by Crippen LogP contribution is -2.15. The van der Waals surface area contributed by atoms with Gasteiger partial charge in [0.05, 0.1) is 10.6 Å². The van der Waals surface area contributed by atoms with E-state index in [-0.39, 0.29) is 4.90 Å². The molecule has 0 aromatic heterocycles. The number of halogens is 1. The average molecular weight is 369 g/mol. The lowest BCUT2D eigenvalue weighted by atomic mass is 10.1. The molecule has 0 bridgehead atoms. The van der Waals surface area contributed by atoms with E-state index in [0.29, 0.717) is 12.2 Å². The van der Waals surface area contributed by atoms with Gasteiger partial charge in [0, 0.05) is 11.0 Å². The van der Waals surface area contributed by atoms with Crippen LogP contribution in [-0.4, -0.2) is 8.42 Å². The minimum atomic E-state index is -3.60. The monoisotopic (exact) mass is 368 g/mol. The number of sulfonamides is 1. The Bertz CT molecular complexity index is 733. The van der Waals surface area contributed by atoms with Crippen molar-refractivity contribution in [1.29, 1.82) is 0 Å². The quantitative estimate of drug-likeness (QED) is 0.869. The summed E-state index contributed by atoms with van der Waals surface area (Å²) in [5.41, 5.74) is 8.75. The van der Waals surface area contributed by atoms with Crippen molar-refractivity contribution >= 4 is 31.6 Å². The zero-order valence-corrected chi connectivity index (χ0v) is 14.3. The molecule has 2 aromatic carbocycles. The van der Waals surface area contributed by atoms with Crippen LogP contribution in [0.2, 0.25) is 0 Å². The first-order chi connectivity index (χ1) is 9.83. The predicted molar refractivity (Wildman–Crippen MR) is 88.8 cm³/mol. The molecule has 0 amide bonds. The summed E-state index contributed by atoms with van der Waals surface area (Å²) in [6.07, 6.45) is 0. The molecule has 0 aliphatic carbocycles. The summed E-state index contributed by atoms with van der Waals surface area (Å²) in [6, 6.07) is 10.3. The van der Waals surface area contributed by atoms with Gasteiger partial charge in [0.15, 0.2) is 0 Å². The third-order valence-corrected chi connectivity index (χ3v) is 5.03. The van der Waals surface area contributed by atoms with Gasteiger partial charge in [-0.1, -0.05) is 28.1 Å². The first kappa shape index (κ1) is 16.0. The lowest BCUT2D eigenvalue weighted by molar-refractivity contribution is 0.601. The zero-order chi connectivity index (χ0) is 15.6. The maximum atomic E-state index is 12.4. The molecule has 0 saturated carbocycles. The number of nitrogens with one attached hydrogen (secondary N) is 1. The molecule has 0 heterocycles. The normalized spacial score (nSPS) is 11.4. The van der Waals surface area contributed by atoms with Crippen LogP contribution in [0.25, 0.3) is 0 Å². The van der Waals surface area contributed by atoms with Crippen LogP contribution in [0.15, 0.2) is 45.8 Å². The van der Waals surface area contributed by atoms with E-state index in [4.69, 9.17) is 5.73 Å². The van der Waals surface area contributed by atoms with E-state index >= 15 is 0 Å². The van der Waals surface area contributed by atoms with Gasteiger partial charge in [-0.05, 0) is 54.8 Å². The van der Waals surface area contributed by atoms with Crippen LogP contribution in [-0.2, 0) is 16.6 Å². The van der Waals surface area contributed by atoms with Crippen LogP contribution in [0.1, 0.15) is 16.7 Å². The molecule has 0 fully saturated rings. The van der Waals surface area contributed by atoms with E-state index in [1.807, 2.05) is 26.0 Å². The van der Waals surface area contributed by atoms with Gasteiger partial charge in [-0.25, -0.2) is 8.42 Å². The molecule has 0 radical (unpaired) electrons. The summed E-state index contributed by atoms with van der Waals surface area (Å²) in [4.78, 5) is 0.224. The first-order valence-corrected chi connectivity index (χ1v) is 8.69. The molecule has 112 valence electrons. The molecular weight excluding hydrogens is 352 g/mol. The molecule has 4 nitrogen and oxygen atoms in total. The molecule has 0 atom stereocenters. The highest BCUT2D eigenvalue weighted by atomic mass is 79.9. The molecule has 0 unspecified atom stereocenters. The SMILES string of the molecule is Cc1cc(Br)cc(C)c1NS(=O)(=O)c1ccc(CN)cc1. The van der Waals surface area contributed by atoms with Crippen LogP contribution in [0.5, 0.6) is 0 Å². The fourth-order valence-electron chi connectivity index (χ4n) is 2.07. The number of hydrogen-bond donors (Lipinski definition) is 2. The summed E-state index contributed by atoms with van der Waals surface area (Å²) in [5.74, 6) is 0. The van der Waals surface area contributed by atoms with Crippen LogP contribution in [0.4, 0.5) is 5.69 Å². The van der Waals surface area contributed by atoms with E-state index in [2.05, 4.69) is 20.7 Å². The van der Waals surface area contributed by atoms with Crippen molar-refractivity contribution < 1.29 is 8.42 Å². The molecule has 2 rings (SSSR count). The summed E-state index contributed by atoms with van der Waals surface area (Å²) >= 11 is 3.40. The molecule has 0 aliphatic heterocycles. The fourth-order valence-corrected chi connectivity index (χ4v) is 3.96. The van der Waals surface area contributed by atoms with Crippen LogP contribution in [0, 0.1) is 13.8 Å². The van der Waals surface area contributed by atoms with Crippen molar-refractivity contribution in [3.63, 3.8) is 0 Å². The highest BCUT2D eigenvalue weighted by Gasteiger charge is 2.16. The Labute approximate surface area is 133 Å². The number of aryl methyl sites for hydroxylation is 2. The molecule has 2 aromatic rings. The standard InChI is InChI=1S/C15H17BrN2O2S/c1-10-7-13(16)8-11(2)15(10)18-21(19,20)14-5-3-12(9-17)4-6-14/h3-8,18H,9,17H2,1-2H3. The van der Waals surface area contributed by atoms with Crippen molar-refractivity contribution in [1.82, 2.24) is 0 Å². The zero-order valence-electron chi connectivity index (χ0n) is 11.9. The van der Waals surface area contributed by atoms with Crippen LogP contribution in [0.3, 0.4) is 0 Å². The Kier molecular flexibility index (Phi) is 4.70. The van der Waals surface area contributed by atoms with Gasteiger partial charge >= 0.3 is 0 Å². The topological polar surface area (TPSA) is 72.2 Å². The Morgan fingerprint density at radius 1 is 1.10 bits per heavy atom. The second-order valence-corrected chi connectivity index (χ2v) is 7.47. The van der Waals surface area contributed by atoms with Crippen molar-refractivity contribution in [2.45, 2.75) is 25.3 Å². The molecule has 3 N–H and O–H groups in total. The maximum absolute atomic E-state index is 12.4. The Balaban J connectivity index is 2.37. The second-order valence-electron chi connectivity index (χ2n) is 4.87. The van der Waals surface area contributed by atoms with E-state index in [0.717, 1.165) is 21.2 Å². The fraction of sp³-hybridized carbons (Fsp3) is 0.200. The second kappa shape index (κ2) is 6.17. The van der Waals surface area contributed by atoms with Crippen molar-refractivity contribution in [2.75, 3.05) is 4.72 Å². The predicted octanol–water partition coefficient (Wildman–Crippen LogP) is 3.33. The number of anilines is 1. The van der Waals surface area contributed by atoms with Gasteiger partial charge in [0.1, 0.15) is 0 Å². The largest absolute Gasteiger partial charge is 0.326 e. The summed E-state index contributed by atoms with van der Waals surface area (Å²) < 4.78 is 28.5. The first-order valence-electron chi connectivity index (χ1n) is 6.42. The Morgan fingerprint density at radius 2 is 1.62 bits per heavy atom. The summed E-state index contributed by atoms with van der Waals surface area (Å²) in [5, 5.41) is 0. The Morgan fingerprint density at radius 3 is 2.10 bits per heavy atom. The third-order valence-electron chi connectivity index (χ3n) is 3.20. The number of benzene rings is 2. The lowest BCUT2D eigenvalue weighted by Gasteiger charge is -2.14. The van der Waals surface area contributed by atoms with Gasteiger partial charge in [-0.2, -0.15) is 0 Å². The average Bonchev–Trinajstić information content (AvgIpc) is 2.43. The molecule has 0 spiro atoms. The Hall–Kier alpha value is -1.37. The number of rotatable bonds is 4. The summed E-state index contributed by atoms with van der Waals surface area (Å²) in [7, 11) is -3.60. The van der Waals surface area contributed by atoms with Crippen molar-refractivity contribution in [2.24, 2.45) is 5.73 Å².